The molecule has 0 amide bonds. The van der Waals surface area contributed by atoms with Gasteiger partial charge in [-0.15, -0.1) is 6.58 Å². The topological polar surface area (TPSA) is 0 Å². The second-order valence-corrected chi connectivity index (χ2v) is 5.56. The molecule has 0 heterocycles. The summed E-state index contributed by atoms with van der Waals surface area (Å²) in [6, 6.07) is 0. The van der Waals surface area contributed by atoms with Gasteiger partial charge in [0.05, 0.1) is 10.1 Å². The molecule has 0 saturated carbocycles. The van der Waals surface area contributed by atoms with Crippen LogP contribution >= 0.6 is 46.4 Å². The fraction of sp³-hybridized carbons (Fsp3) is 0.385. The molecule has 2 aliphatic carbocycles. The highest BCUT2D eigenvalue weighted by molar-refractivity contribution is 6.52. The Bertz CT molecular complexity index is 355. The van der Waals surface area contributed by atoms with Crippen LogP contribution in [0.1, 0.15) is 25.7 Å². The molecule has 0 bridgehead atoms. The Morgan fingerprint density at radius 3 is 1.88 bits per heavy atom. The number of halogens is 4. The normalized spacial score (nSPS) is 23.6. The van der Waals surface area contributed by atoms with Crippen molar-refractivity contribution in [2.45, 2.75) is 25.7 Å². The Balaban J connectivity index is 0.000000171. The third-order valence-electron chi connectivity index (χ3n) is 2.62. The Labute approximate surface area is 123 Å². The van der Waals surface area contributed by atoms with Crippen LogP contribution in [-0.2, 0) is 0 Å². The van der Waals surface area contributed by atoms with Crippen LogP contribution in [0.2, 0.25) is 0 Å². The van der Waals surface area contributed by atoms with Gasteiger partial charge in [-0.25, -0.2) is 0 Å². The van der Waals surface area contributed by atoms with Gasteiger partial charge in [-0.3, -0.25) is 0 Å². The zero-order valence-corrected chi connectivity index (χ0v) is 12.4. The van der Waals surface area contributed by atoms with Crippen LogP contribution in [0.15, 0.2) is 44.9 Å². The smallest absolute Gasteiger partial charge is 0.0753 e. The standard InChI is InChI=1S/C8H12.C5H2Cl4/c1-2-8-6-4-3-5-7-8;6-2-1-3(7)5(9)4(2)8/h2-4,8H,1,5-7H2;1H2. The predicted octanol–water partition coefficient (Wildman–Crippen LogP) is 6.30. The molecule has 1 atom stereocenters. The summed E-state index contributed by atoms with van der Waals surface area (Å²) in [5.74, 6) is 0.764. The Hall–Kier alpha value is 0.120. The number of hydrogen-bond acceptors (Lipinski definition) is 0. The van der Waals surface area contributed by atoms with Gasteiger partial charge in [0.1, 0.15) is 0 Å². The maximum Gasteiger partial charge on any atom is 0.0753 e. The highest BCUT2D eigenvalue weighted by Gasteiger charge is 2.18. The van der Waals surface area contributed by atoms with E-state index in [-0.39, 0.29) is 0 Å². The minimum Gasteiger partial charge on any atom is -0.103 e. The minimum atomic E-state index is 0.378. The molecule has 17 heavy (non-hydrogen) atoms. The monoisotopic (exact) mass is 310 g/mol. The van der Waals surface area contributed by atoms with Gasteiger partial charge in [0.2, 0.25) is 0 Å². The first kappa shape index (κ1) is 15.2. The van der Waals surface area contributed by atoms with Crippen molar-refractivity contribution in [3.8, 4) is 0 Å². The summed E-state index contributed by atoms with van der Waals surface area (Å²) in [6.45, 7) is 3.75. The SMILES string of the molecule is C=CC1CC=CCC1.ClC1=C(Cl)C(Cl)=C(Cl)C1. The lowest BCUT2D eigenvalue weighted by Gasteiger charge is -2.11. The Kier molecular flexibility index (Phi) is 6.72. The summed E-state index contributed by atoms with van der Waals surface area (Å²) in [7, 11) is 0. The third-order valence-corrected chi connectivity index (χ3v) is 4.39. The van der Waals surface area contributed by atoms with E-state index < -0.39 is 0 Å². The lowest BCUT2D eigenvalue weighted by molar-refractivity contribution is 0.585. The molecule has 0 aromatic carbocycles. The van der Waals surface area contributed by atoms with Crippen molar-refractivity contribution in [1.29, 1.82) is 0 Å². The van der Waals surface area contributed by atoms with Gasteiger partial charge in [-0.05, 0) is 25.2 Å². The molecule has 0 aromatic rings. The van der Waals surface area contributed by atoms with Crippen LogP contribution in [0.4, 0.5) is 0 Å². The van der Waals surface area contributed by atoms with Gasteiger partial charge >= 0.3 is 0 Å². The molecule has 2 rings (SSSR count). The van der Waals surface area contributed by atoms with E-state index in [9.17, 15) is 0 Å². The van der Waals surface area contributed by atoms with E-state index in [0.717, 1.165) is 5.92 Å². The van der Waals surface area contributed by atoms with Crippen molar-refractivity contribution in [3.63, 3.8) is 0 Å². The van der Waals surface area contributed by atoms with Crippen LogP contribution in [-0.4, -0.2) is 0 Å². The summed E-state index contributed by atoms with van der Waals surface area (Å²) in [6.07, 6.45) is 10.8. The van der Waals surface area contributed by atoms with Crippen molar-refractivity contribution in [2.75, 3.05) is 0 Å². The lowest BCUT2D eigenvalue weighted by Crippen LogP contribution is -1.96. The molecule has 0 N–H and O–H groups in total. The van der Waals surface area contributed by atoms with Crippen LogP contribution in [0.25, 0.3) is 0 Å². The number of hydrogen-bond donors (Lipinski definition) is 0. The highest BCUT2D eigenvalue weighted by atomic mass is 35.5. The van der Waals surface area contributed by atoms with Crippen LogP contribution in [0, 0.1) is 5.92 Å². The first-order valence-corrected chi connectivity index (χ1v) is 6.93. The first-order valence-electron chi connectivity index (χ1n) is 5.42. The molecule has 0 spiro atoms. The number of rotatable bonds is 1. The molecular formula is C13H14Cl4. The highest BCUT2D eigenvalue weighted by Crippen LogP contribution is 2.40. The van der Waals surface area contributed by atoms with E-state index >= 15 is 0 Å². The zero-order valence-electron chi connectivity index (χ0n) is 9.36. The third kappa shape index (κ3) is 4.71. The Morgan fingerprint density at radius 2 is 1.65 bits per heavy atom. The molecule has 0 aromatic heterocycles. The summed E-state index contributed by atoms with van der Waals surface area (Å²) in [4.78, 5) is 0. The fourth-order valence-corrected chi connectivity index (χ4v) is 2.54. The molecule has 0 nitrogen and oxygen atoms in total. The molecule has 0 aliphatic heterocycles. The second-order valence-electron chi connectivity index (χ2n) is 3.89. The first-order chi connectivity index (χ1) is 8.06. The maximum absolute atomic E-state index is 5.59. The molecule has 1 unspecified atom stereocenters. The van der Waals surface area contributed by atoms with E-state index in [1.807, 2.05) is 0 Å². The molecule has 0 fully saturated rings. The maximum atomic E-state index is 5.59. The second kappa shape index (κ2) is 7.53. The average molecular weight is 312 g/mol. The summed E-state index contributed by atoms with van der Waals surface area (Å²) < 4.78 is 0. The van der Waals surface area contributed by atoms with Gasteiger partial charge < -0.3 is 0 Å². The van der Waals surface area contributed by atoms with E-state index in [4.69, 9.17) is 46.4 Å². The van der Waals surface area contributed by atoms with Gasteiger partial charge in [0.15, 0.2) is 0 Å². The average Bonchev–Trinajstić information content (AvgIpc) is 2.58. The minimum absolute atomic E-state index is 0.378. The van der Waals surface area contributed by atoms with Crippen LogP contribution < -0.4 is 0 Å². The summed E-state index contributed by atoms with van der Waals surface area (Å²) in [5, 5.41) is 1.80. The van der Waals surface area contributed by atoms with Crippen LogP contribution in [0.5, 0.6) is 0 Å². The lowest BCUT2D eigenvalue weighted by atomic mass is 9.95. The predicted molar refractivity (Wildman–Crippen MR) is 78.8 cm³/mol. The van der Waals surface area contributed by atoms with Gasteiger partial charge in [0.25, 0.3) is 0 Å². The van der Waals surface area contributed by atoms with Crippen molar-refractivity contribution in [2.24, 2.45) is 5.92 Å². The number of allylic oxidation sites excluding steroid dienone is 7. The molecule has 4 heteroatoms. The van der Waals surface area contributed by atoms with E-state index in [0.29, 0.717) is 26.5 Å². The molecule has 94 valence electrons. The fourth-order valence-electron chi connectivity index (χ4n) is 1.56. The van der Waals surface area contributed by atoms with Crippen molar-refractivity contribution < 1.29 is 0 Å². The molecular weight excluding hydrogens is 298 g/mol. The molecule has 0 saturated heterocycles. The molecule has 2 aliphatic rings. The van der Waals surface area contributed by atoms with E-state index in [2.05, 4.69) is 24.8 Å². The zero-order chi connectivity index (χ0) is 12.8. The summed E-state index contributed by atoms with van der Waals surface area (Å²) in [5.41, 5.74) is 0. The van der Waals surface area contributed by atoms with E-state index in [1.54, 1.807) is 0 Å². The van der Waals surface area contributed by atoms with Crippen LogP contribution in [0.3, 0.4) is 0 Å². The van der Waals surface area contributed by atoms with Gasteiger partial charge in [0, 0.05) is 16.5 Å². The quantitative estimate of drug-likeness (QED) is 0.499. The summed E-state index contributed by atoms with van der Waals surface area (Å²) >= 11 is 22.3. The van der Waals surface area contributed by atoms with E-state index in [1.165, 1.54) is 19.3 Å². The van der Waals surface area contributed by atoms with Crippen molar-refractivity contribution in [3.05, 3.63) is 44.9 Å². The van der Waals surface area contributed by atoms with Crippen molar-refractivity contribution in [1.82, 2.24) is 0 Å². The largest absolute Gasteiger partial charge is 0.103 e. The van der Waals surface area contributed by atoms with Gasteiger partial charge in [-0.2, -0.15) is 0 Å². The Morgan fingerprint density at radius 1 is 1.06 bits per heavy atom. The van der Waals surface area contributed by atoms with Gasteiger partial charge in [-0.1, -0.05) is 64.6 Å². The van der Waals surface area contributed by atoms with Crippen molar-refractivity contribution >= 4 is 46.4 Å². The molecule has 0 radical (unpaired) electrons.